The second-order valence-electron chi connectivity index (χ2n) is 7.43. The minimum absolute atomic E-state index is 0.0567. The Morgan fingerprint density at radius 1 is 0.968 bits per heavy atom. The van der Waals surface area contributed by atoms with Crippen molar-refractivity contribution in [1.29, 1.82) is 0 Å². The molecule has 7 heteroatoms. The largest absolute Gasteiger partial charge is 0.493 e. The molecule has 0 aliphatic carbocycles. The topological polar surface area (TPSA) is 74.0 Å². The van der Waals surface area contributed by atoms with Gasteiger partial charge in [0.15, 0.2) is 17.3 Å². The van der Waals surface area contributed by atoms with Gasteiger partial charge in [-0.1, -0.05) is 49.3 Å². The first-order valence-electron chi connectivity index (χ1n) is 10.1. The van der Waals surface area contributed by atoms with Crippen molar-refractivity contribution in [2.45, 2.75) is 26.9 Å². The van der Waals surface area contributed by atoms with Crippen molar-refractivity contribution < 1.29 is 23.5 Å². The van der Waals surface area contributed by atoms with Gasteiger partial charge in [0.25, 0.3) is 0 Å². The molecule has 0 radical (unpaired) electrons. The summed E-state index contributed by atoms with van der Waals surface area (Å²) in [7, 11) is 4.68. The van der Waals surface area contributed by atoms with Crippen molar-refractivity contribution in [3.8, 4) is 28.6 Å². The molecule has 0 saturated carbocycles. The van der Waals surface area contributed by atoms with Gasteiger partial charge in [0, 0.05) is 24.1 Å². The average Bonchev–Trinajstić information content (AvgIpc) is 3.26. The molecule has 0 unspecified atom stereocenters. The first-order chi connectivity index (χ1) is 15.0. The molecule has 3 rings (SSSR count). The number of hydrogen-bond donors (Lipinski definition) is 0. The SMILES string of the molecule is COc1cc(-c2cc(CN(Cc3ccccc3)C(=O)C(C)C)no2)cc(OC)c1OC. The van der Waals surface area contributed by atoms with Gasteiger partial charge in [0.1, 0.15) is 5.69 Å². The minimum Gasteiger partial charge on any atom is -0.493 e. The molecule has 0 aliphatic rings. The molecule has 2 aromatic carbocycles. The van der Waals surface area contributed by atoms with Crippen LogP contribution in [0.25, 0.3) is 11.3 Å². The second-order valence-corrected chi connectivity index (χ2v) is 7.43. The Morgan fingerprint density at radius 2 is 1.61 bits per heavy atom. The molecule has 1 amide bonds. The lowest BCUT2D eigenvalue weighted by Crippen LogP contribution is -2.33. The molecular weight excluding hydrogens is 396 g/mol. The van der Waals surface area contributed by atoms with Gasteiger partial charge in [-0.25, -0.2) is 0 Å². The molecule has 0 spiro atoms. The van der Waals surface area contributed by atoms with E-state index in [2.05, 4.69) is 5.16 Å². The first kappa shape index (κ1) is 22.2. The molecule has 1 heterocycles. The van der Waals surface area contributed by atoms with Crippen molar-refractivity contribution in [2.75, 3.05) is 21.3 Å². The Hall–Kier alpha value is -3.48. The average molecular weight is 424 g/mol. The summed E-state index contributed by atoms with van der Waals surface area (Å²) in [6.45, 7) is 4.64. The smallest absolute Gasteiger partial charge is 0.225 e. The van der Waals surface area contributed by atoms with Crippen LogP contribution in [0.4, 0.5) is 0 Å². The molecule has 7 nitrogen and oxygen atoms in total. The minimum atomic E-state index is -0.120. The van der Waals surface area contributed by atoms with Crippen molar-refractivity contribution >= 4 is 5.91 Å². The van der Waals surface area contributed by atoms with Gasteiger partial charge in [0.05, 0.1) is 27.9 Å². The van der Waals surface area contributed by atoms with Crippen molar-refractivity contribution in [2.24, 2.45) is 5.92 Å². The number of ether oxygens (including phenoxy) is 3. The van der Waals surface area contributed by atoms with E-state index < -0.39 is 0 Å². The highest BCUT2D eigenvalue weighted by Gasteiger charge is 2.21. The number of carbonyl (C=O) groups excluding carboxylic acids is 1. The lowest BCUT2D eigenvalue weighted by Gasteiger charge is -2.23. The molecule has 0 aliphatic heterocycles. The molecule has 3 aromatic rings. The van der Waals surface area contributed by atoms with Crippen LogP contribution in [0, 0.1) is 5.92 Å². The number of methoxy groups -OCH3 is 3. The van der Waals surface area contributed by atoms with E-state index in [1.807, 2.05) is 50.2 Å². The van der Waals surface area contributed by atoms with Crippen molar-refractivity contribution in [3.63, 3.8) is 0 Å². The Bertz CT molecular complexity index is 989. The molecular formula is C24H28N2O5. The standard InChI is InChI=1S/C24H28N2O5/c1-16(2)24(27)26(14-17-9-7-6-8-10-17)15-19-13-20(31-25-19)18-11-21(28-3)23(30-5)22(12-18)29-4/h6-13,16H,14-15H2,1-5H3. The van der Waals surface area contributed by atoms with E-state index in [0.717, 1.165) is 11.1 Å². The molecule has 0 saturated heterocycles. The third kappa shape index (κ3) is 5.17. The van der Waals surface area contributed by atoms with Crippen molar-refractivity contribution in [1.82, 2.24) is 10.1 Å². The first-order valence-corrected chi connectivity index (χ1v) is 10.1. The molecule has 0 bridgehead atoms. The lowest BCUT2D eigenvalue weighted by molar-refractivity contribution is -0.135. The van der Waals surface area contributed by atoms with Gasteiger partial charge >= 0.3 is 0 Å². The Labute approximate surface area is 182 Å². The maximum atomic E-state index is 12.8. The van der Waals surface area contributed by atoms with Crippen LogP contribution in [0.15, 0.2) is 53.1 Å². The monoisotopic (exact) mass is 424 g/mol. The van der Waals surface area contributed by atoms with Crippen LogP contribution in [-0.2, 0) is 17.9 Å². The summed E-state index contributed by atoms with van der Waals surface area (Å²) in [5, 5.41) is 4.19. The van der Waals surface area contributed by atoms with E-state index in [1.165, 1.54) is 0 Å². The summed E-state index contributed by atoms with van der Waals surface area (Å²) >= 11 is 0. The van der Waals surface area contributed by atoms with Gasteiger partial charge < -0.3 is 23.6 Å². The molecule has 31 heavy (non-hydrogen) atoms. The highest BCUT2D eigenvalue weighted by molar-refractivity contribution is 5.78. The van der Waals surface area contributed by atoms with E-state index in [0.29, 0.717) is 41.8 Å². The number of rotatable bonds is 9. The van der Waals surface area contributed by atoms with Gasteiger partial charge in [-0.15, -0.1) is 0 Å². The van der Waals surface area contributed by atoms with Gasteiger partial charge in [0.2, 0.25) is 11.7 Å². The van der Waals surface area contributed by atoms with Crippen LogP contribution in [0.5, 0.6) is 17.2 Å². The number of carbonyl (C=O) groups is 1. The van der Waals surface area contributed by atoms with E-state index in [9.17, 15) is 4.79 Å². The summed E-state index contributed by atoms with van der Waals surface area (Å²) < 4.78 is 21.8. The fourth-order valence-electron chi connectivity index (χ4n) is 3.32. The van der Waals surface area contributed by atoms with Gasteiger partial charge in [-0.05, 0) is 17.7 Å². The third-order valence-electron chi connectivity index (χ3n) is 4.88. The third-order valence-corrected chi connectivity index (χ3v) is 4.88. The zero-order chi connectivity index (χ0) is 22.4. The number of benzene rings is 2. The van der Waals surface area contributed by atoms with E-state index >= 15 is 0 Å². The molecule has 0 atom stereocenters. The van der Waals surface area contributed by atoms with E-state index in [4.69, 9.17) is 18.7 Å². The summed E-state index contributed by atoms with van der Waals surface area (Å²) in [5.41, 5.74) is 2.46. The predicted molar refractivity (Wildman–Crippen MR) is 117 cm³/mol. The van der Waals surface area contributed by atoms with Gasteiger partial charge in [-0.3, -0.25) is 4.79 Å². The molecule has 0 N–H and O–H groups in total. The predicted octanol–water partition coefficient (Wildman–Crippen LogP) is 4.55. The highest BCUT2D eigenvalue weighted by atomic mass is 16.5. The van der Waals surface area contributed by atoms with E-state index in [1.54, 1.807) is 38.4 Å². The maximum Gasteiger partial charge on any atom is 0.225 e. The highest BCUT2D eigenvalue weighted by Crippen LogP contribution is 2.41. The number of aromatic nitrogens is 1. The van der Waals surface area contributed by atoms with Crippen LogP contribution < -0.4 is 14.2 Å². The number of hydrogen-bond acceptors (Lipinski definition) is 6. The van der Waals surface area contributed by atoms with Gasteiger partial charge in [-0.2, -0.15) is 0 Å². The fraction of sp³-hybridized carbons (Fsp3) is 0.333. The quantitative estimate of drug-likeness (QED) is 0.502. The molecule has 0 fully saturated rings. The van der Waals surface area contributed by atoms with Crippen LogP contribution in [0.1, 0.15) is 25.1 Å². The Kier molecular flexibility index (Phi) is 7.18. The zero-order valence-corrected chi connectivity index (χ0v) is 18.5. The maximum absolute atomic E-state index is 12.8. The zero-order valence-electron chi connectivity index (χ0n) is 18.5. The summed E-state index contributed by atoms with van der Waals surface area (Å²) in [6, 6.07) is 15.3. The Morgan fingerprint density at radius 3 is 2.16 bits per heavy atom. The van der Waals surface area contributed by atoms with E-state index in [-0.39, 0.29) is 11.8 Å². The fourth-order valence-corrected chi connectivity index (χ4v) is 3.32. The summed E-state index contributed by atoms with van der Waals surface area (Å²) in [4.78, 5) is 14.6. The lowest BCUT2D eigenvalue weighted by atomic mass is 10.1. The van der Waals surface area contributed by atoms with Crippen molar-refractivity contribution in [3.05, 3.63) is 59.8 Å². The Balaban J connectivity index is 1.87. The summed E-state index contributed by atoms with van der Waals surface area (Å²) in [5.74, 6) is 2.04. The molecule has 1 aromatic heterocycles. The second kappa shape index (κ2) is 10.0. The van der Waals surface area contributed by atoms with Crippen LogP contribution in [0.3, 0.4) is 0 Å². The van der Waals surface area contributed by atoms with Crippen LogP contribution in [0.2, 0.25) is 0 Å². The van der Waals surface area contributed by atoms with Crippen LogP contribution >= 0.6 is 0 Å². The molecule has 164 valence electrons. The number of nitrogens with zero attached hydrogens (tertiary/aromatic N) is 2. The normalized spacial score (nSPS) is 10.8. The van der Waals surface area contributed by atoms with Crippen LogP contribution in [-0.4, -0.2) is 37.3 Å². The summed E-state index contributed by atoms with van der Waals surface area (Å²) in [6.07, 6.45) is 0. The number of amides is 1.